The second kappa shape index (κ2) is 7.54. The van der Waals surface area contributed by atoms with Crippen molar-refractivity contribution in [2.24, 2.45) is 0 Å². The Bertz CT molecular complexity index is 628. The first-order valence-electron chi connectivity index (χ1n) is 6.67. The van der Waals surface area contributed by atoms with E-state index in [-0.39, 0.29) is 11.5 Å². The molecule has 0 bridgehead atoms. The summed E-state index contributed by atoms with van der Waals surface area (Å²) >= 11 is 0. The van der Waals surface area contributed by atoms with Crippen LogP contribution >= 0.6 is 0 Å². The van der Waals surface area contributed by atoms with Crippen LogP contribution in [0.25, 0.3) is 0 Å². The Morgan fingerprint density at radius 1 is 1.29 bits per heavy atom. The van der Waals surface area contributed by atoms with E-state index in [0.29, 0.717) is 38.3 Å². The van der Waals surface area contributed by atoms with Crippen molar-refractivity contribution in [3.05, 3.63) is 29.8 Å². The van der Waals surface area contributed by atoms with Gasteiger partial charge in [-0.2, -0.15) is 0 Å². The lowest BCUT2D eigenvalue weighted by molar-refractivity contribution is 0.0272. The van der Waals surface area contributed by atoms with Crippen LogP contribution in [0.2, 0.25) is 0 Å². The van der Waals surface area contributed by atoms with Crippen molar-refractivity contribution in [2.45, 2.75) is 11.3 Å². The van der Waals surface area contributed by atoms with Crippen LogP contribution in [-0.4, -0.2) is 51.4 Å². The molecular weight excluding hydrogens is 292 g/mol. The lowest BCUT2D eigenvalue weighted by Crippen LogP contribution is -2.48. The minimum Gasteiger partial charge on any atom is -0.395 e. The van der Waals surface area contributed by atoms with E-state index >= 15 is 0 Å². The van der Waals surface area contributed by atoms with Crippen LogP contribution in [0.3, 0.4) is 0 Å². The molecule has 1 aromatic carbocycles. The highest BCUT2D eigenvalue weighted by atomic mass is 32.2. The number of hydrazine groups is 1. The summed E-state index contributed by atoms with van der Waals surface area (Å²) in [7, 11) is -3.67. The molecule has 1 aliphatic heterocycles. The van der Waals surface area contributed by atoms with Gasteiger partial charge in [-0.05, 0) is 12.1 Å². The molecule has 1 saturated heterocycles. The number of aliphatic hydroxyl groups is 1. The number of aliphatic hydroxyl groups excluding tert-OH is 1. The molecule has 0 unspecified atom stereocenters. The summed E-state index contributed by atoms with van der Waals surface area (Å²) < 4.78 is 30.1. The maximum atomic E-state index is 12.4. The van der Waals surface area contributed by atoms with Gasteiger partial charge >= 0.3 is 0 Å². The molecule has 6 nitrogen and oxygen atoms in total. The number of benzene rings is 1. The molecule has 2 rings (SSSR count). The number of hydrogen-bond acceptors (Lipinski definition) is 5. The molecule has 114 valence electrons. The fourth-order valence-electron chi connectivity index (χ4n) is 1.89. The lowest BCUT2D eigenvalue weighted by Gasteiger charge is -2.26. The van der Waals surface area contributed by atoms with Crippen LogP contribution in [-0.2, 0) is 14.8 Å². The van der Waals surface area contributed by atoms with Gasteiger partial charge in [-0.15, -0.1) is 4.83 Å². The van der Waals surface area contributed by atoms with Crippen molar-refractivity contribution in [1.82, 2.24) is 9.84 Å². The molecule has 0 aliphatic carbocycles. The van der Waals surface area contributed by atoms with Crippen LogP contribution in [0.4, 0.5) is 0 Å². The molecular formula is C14H18N2O4S. The molecule has 0 atom stereocenters. The number of sulfonamides is 1. The highest BCUT2D eigenvalue weighted by molar-refractivity contribution is 7.89. The minimum absolute atomic E-state index is 0.0477. The van der Waals surface area contributed by atoms with E-state index in [1.165, 1.54) is 6.07 Å². The van der Waals surface area contributed by atoms with Crippen LogP contribution in [0.5, 0.6) is 0 Å². The van der Waals surface area contributed by atoms with Crippen molar-refractivity contribution in [3.63, 3.8) is 0 Å². The molecule has 1 fully saturated rings. The summed E-state index contributed by atoms with van der Waals surface area (Å²) in [5.74, 6) is 5.53. The van der Waals surface area contributed by atoms with Gasteiger partial charge in [0.1, 0.15) is 0 Å². The van der Waals surface area contributed by atoms with Crippen LogP contribution in [0, 0.1) is 11.8 Å². The Morgan fingerprint density at radius 2 is 2.00 bits per heavy atom. The molecule has 2 N–H and O–H groups in total. The first kappa shape index (κ1) is 15.9. The highest BCUT2D eigenvalue weighted by Gasteiger charge is 2.22. The normalized spacial score (nSPS) is 16.2. The predicted octanol–water partition coefficient (Wildman–Crippen LogP) is -0.0540. The molecule has 7 heteroatoms. The summed E-state index contributed by atoms with van der Waals surface area (Å²) in [4.78, 5) is 2.69. The predicted molar refractivity (Wildman–Crippen MR) is 77.7 cm³/mol. The van der Waals surface area contributed by atoms with E-state index in [1.54, 1.807) is 23.2 Å². The van der Waals surface area contributed by atoms with Gasteiger partial charge in [-0.25, -0.2) is 13.4 Å². The van der Waals surface area contributed by atoms with Gasteiger partial charge in [0.25, 0.3) is 10.0 Å². The molecule has 1 heterocycles. The minimum atomic E-state index is -3.67. The molecule has 1 aromatic rings. The van der Waals surface area contributed by atoms with Gasteiger partial charge in [0.15, 0.2) is 0 Å². The average molecular weight is 310 g/mol. The third-order valence-electron chi connectivity index (χ3n) is 2.90. The molecule has 0 saturated carbocycles. The number of nitrogens with one attached hydrogen (secondary N) is 1. The third kappa shape index (κ3) is 4.52. The second-order valence-electron chi connectivity index (χ2n) is 4.47. The Morgan fingerprint density at radius 3 is 2.71 bits per heavy atom. The maximum Gasteiger partial charge on any atom is 0.254 e. The number of morpholine rings is 1. The van der Waals surface area contributed by atoms with Crippen molar-refractivity contribution in [2.75, 3.05) is 32.9 Å². The molecule has 0 spiro atoms. The number of ether oxygens (including phenoxy) is 1. The van der Waals surface area contributed by atoms with E-state index in [0.717, 1.165) is 0 Å². The molecule has 1 aliphatic rings. The van der Waals surface area contributed by atoms with E-state index in [2.05, 4.69) is 16.7 Å². The highest BCUT2D eigenvalue weighted by Crippen LogP contribution is 2.15. The van der Waals surface area contributed by atoms with Gasteiger partial charge in [0.05, 0.1) is 24.7 Å². The summed E-state index contributed by atoms with van der Waals surface area (Å²) in [5.41, 5.74) is 0.423. The molecule has 0 amide bonds. The van der Waals surface area contributed by atoms with E-state index in [9.17, 15) is 8.42 Å². The summed E-state index contributed by atoms with van der Waals surface area (Å²) in [6, 6.07) is 6.56. The smallest absolute Gasteiger partial charge is 0.254 e. The van der Waals surface area contributed by atoms with Crippen molar-refractivity contribution < 1.29 is 18.3 Å². The van der Waals surface area contributed by atoms with E-state index in [1.807, 2.05) is 0 Å². The van der Waals surface area contributed by atoms with Gasteiger partial charge in [-0.3, -0.25) is 0 Å². The van der Waals surface area contributed by atoms with Gasteiger partial charge < -0.3 is 9.84 Å². The third-order valence-corrected chi connectivity index (χ3v) is 4.33. The lowest BCUT2D eigenvalue weighted by atomic mass is 10.2. The van der Waals surface area contributed by atoms with Crippen LogP contribution < -0.4 is 4.83 Å². The number of rotatable bonds is 4. The quantitative estimate of drug-likeness (QED) is 0.762. The Labute approximate surface area is 124 Å². The fourth-order valence-corrected chi connectivity index (χ4v) is 3.18. The number of nitrogens with zero attached hydrogens (tertiary/aromatic N) is 1. The average Bonchev–Trinajstić information content (AvgIpc) is 2.48. The number of hydrogen-bond donors (Lipinski definition) is 2. The SMILES string of the molecule is O=S(=O)(NN1CCOCC1)c1ccccc1C#CCCO. The molecule has 21 heavy (non-hydrogen) atoms. The Hall–Kier alpha value is -1.43. The molecule has 0 aromatic heterocycles. The van der Waals surface area contributed by atoms with Gasteiger partial charge in [0, 0.05) is 25.1 Å². The summed E-state index contributed by atoms with van der Waals surface area (Å²) in [6.07, 6.45) is 0.311. The first-order valence-corrected chi connectivity index (χ1v) is 8.16. The maximum absolute atomic E-state index is 12.4. The van der Waals surface area contributed by atoms with Gasteiger partial charge in [0.2, 0.25) is 0 Å². The topological polar surface area (TPSA) is 78.9 Å². The summed E-state index contributed by atoms with van der Waals surface area (Å²) in [5, 5.41) is 10.4. The Kier molecular flexibility index (Phi) is 5.73. The summed E-state index contributed by atoms with van der Waals surface area (Å²) in [6.45, 7) is 1.98. The van der Waals surface area contributed by atoms with Crippen molar-refractivity contribution >= 4 is 10.0 Å². The van der Waals surface area contributed by atoms with E-state index in [4.69, 9.17) is 9.84 Å². The first-order chi connectivity index (χ1) is 10.1. The van der Waals surface area contributed by atoms with Crippen LogP contribution in [0.1, 0.15) is 12.0 Å². The Balaban J connectivity index is 2.21. The zero-order valence-corrected chi connectivity index (χ0v) is 12.4. The van der Waals surface area contributed by atoms with Crippen molar-refractivity contribution in [3.8, 4) is 11.8 Å². The molecule has 0 radical (unpaired) electrons. The standard InChI is InChI=1S/C14H18N2O4S/c17-10-4-3-6-13-5-1-2-7-14(13)21(18,19)15-16-8-11-20-12-9-16/h1-2,5,7,15,17H,4,8-12H2. The zero-order chi connectivity index (χ0) is 15.1. The van der Waals surface area contributed by atoms with Gasteiger partial charge in [-0.1, -0.05) is 24.0 Å². The second-order valence-corrected chi connectivity index (χ2v) is 6.09. The largest absolute Gasteiger partial charge is 0.395 e. The van der Waals surface area contributed by atoms with Crippen LogP contribution in [0.15, 0.2) is 29.2 Å². The van der Waals surface area contributed by atoms with Crippen molar-refractivity contribution in [1.29, 1.82) is 0 Å². The monoisotopic (exact) mass is 310 g/mol. The van der Waals surface area contributed by atoms with E-state index < -0.39 is 10.0 Å². The zero-order valence-electron chi connectivity index (χ0n) is 11.6. The fraction of sp³-hybridized carbons (Fsp3) is 0.429.